The molecule has 6 heteroatoms. The largest absolute Gasteiger partial charge is 0.355 e. The molecular weight excluding hydrogens is 338 g/mol. The van der Waals surface area contributed by atoms with Crippen LogP contribution in [0.3, 0.4) is 0 Å². The Kier molecular flexibility index (Phi) is 6.03. The topological polar surface area (TPSA) is 46.8 Å². The van der Waals surface area contributed by atoms with Gasteiger partial charge in [0.05, 0.1) is 6.33 Å². The van der Waals surface area contributed by atoms with Gasteiger partial charge in [0.1, 0.15) is 6.33 Å². The Bertz CT molecular complexity index is 827. The maximum atomic E-state index is 4.64. The number of nitrogens with zero attached hydrogens (tertiary/aromatic N) is 5. The normalized spacial score (nSPS) is 12.7. The summed E-state index contributed by atoms with van der Waals surface area (Å²) >= 11 is 0. The van der Waals surface area contributed by atoms with E-state index in [4.69, 9.17) is 0 Å². The van der Waals surface area contributed by atoms with Gasteiger partial charge in [0, 0.05) is 28.4 Å². The molecule has 5 nitrogen and oxygen atoms in total. The van der Waals surface area contributed by atoms with E-state index >= 15 is 0 Å². The van der Waals surface area contributed by atoms with Gasteiger partial charge >= 0.3 is 0 Å². The second kappa shape index (κ2) is 8.45. The maximum Gasteiger partial charge on any atom is 0.165 e. The molecule has 26 heavy (non-hydrogen) atoms. The molecule has 0 saturated heterocycles. The molecule has 0 amide bonds. The molecule has 1 aromatic carbocycles. The molecule has 0 aliphatic heterocycles. The first-order valence-corrected chi connectivity index (χ1v) is 12.0. The Hall–Kier alpha value is -2.21. The standard InChI is InChI=1S/C20H28N5Si/c1-5-24(6-2)19-18-20(22-14-21-19)25(15-23-18)13-12-17(26(3)4)16-10-8-7-9-11-16/h7-11,14-15,17H,5-6,12-13H2,1-4H3. The number of anilines is 1. The van der Waals surface area contributed by atoms with Gasteiger partial charge in [-0.2, -0.15) is 0 Å². The van der Waals surface area contributed by atoms with Crippen molar-refractivity contribution in [3.8, 4) is 0 Å². The Morgan fingerprint density at radius 3 is 2.42 bits per heavy atom. The number of aryl methyl sites for hydroxylation is 1. The fourth-order valence-corrected chi connectivity index (χ4v) is 5.09. The fraction of sp³-hybridized carbons (Fsp3) is 0.450. The van der Waals surface area contributed by atoms with Gasteiger partial charge in [-0.25, -0.2) is 15.0 Å². The lowest BCUT2D eigenvalue weighted by Crippen LogP contribution is -2.23. The molecule has 3 aromatic rings. The monoisotopic (exact) mass is 366 g/mol. The highest BCUT2D eigenvalue weighted by molar-refractivity contribution is 6.57. The van der Waals surface area contributed by atoms with Gasteiger partial charge in [-0.3, -0.25) is 0 Å². The highest BCUT2D eigenvalue weighted by Gasteiger charge is 2.19. The zero-order chi connectivity index (χ0) is 18.5. The molecule has 1 radical (unpaired) electrons. The van der Waals surface area contributed by atoms with Gasteiger partial charge in [0.15, 0.2) is 17.0 Å². The predicted molar refractivity (Wildman–Crippen MR) is 110 cm³/mol. The summed E-state index contributed by atoms with van der Waals surface area (Å²) in [5.74, 6) is 0.939. The summed E-state index contributed by atoms with van der Waals surface area (Å²) in [6, 6.07) is 10.9. The summed E-state index contributed by atoms with van der Waals surface area (Å²) in [6.07, 6.45) is 4.70. The SMILES string of the molecule is CCN(CC)c1ncnc2c1ncn2CCC(c1ccccc1)[Si](C)C. The predicted octanol–water partition coefficient (Wildman–Crippen LogP) is 4.14. The first-order valence-electron chi connectivity index (χ1n) is 9.41. The Balaban J connectivity index is 1.84. The van der Waals surface area contributed by atoms with Crippen LogP contribution in [-0.4, -0.2) is 41.4 Å². The molecule has 0 spiro atoms. The second-order valence-corrected chi connectivity index (χ2v) is 9.66. The number of imidazole rings is 1. The quantitative estimate of drug-likeness (QED) is 0.562. The molecular formula is C20H28N5Si. The summed E-state index contributed by atoms with van der Waals surface area (Å²) in [6.45, 7) is 11.9. The van der Waals surface area contributed by atoms with Crippen molar-refractivity contribution in [3.05, 3.63) is 48.5 Å². The van der Waals surface area contributed by atoms with E-state index < -0.39 is 8.80 Å². The third kappa shape index (κ3) is 3.80. The van der Waals surface area contributed by atoms with Gasteiger partial charge in [0.25, 0.3) is 0 Å². The van der Waals surface area contributed by atoms with Crippen LogP contribution in [0.25, 0.3) is 11.2 Å². The van der Waals surface area contributed by atoms with Gasteiger partial charge in [-0.15, -0.1) is 0 Å². The molecule has 0 aliphatic rings. The van der Waals surface area contributed by atoms with Crippen LogP contribution in [0.2, 0.25) is 13.1 Å². The van der Waals surface area contributed by atoms with Gasteiger partial charge in [-0.1, -0.05) is 43.4 Å². The van der Waals surface area contributed by atoms with E-state index in [0.717, 1.165) is 43.0 Å². The minimum absolute atomic E-state index is 0.435. The molecule has 2 heterocycles. The molecule has 0 saturated carbocycles. The van der Waals surface area contributed by atoms with E-state index in [0.29, 0.717) is 5.54 Å². The summed E-state index contributed by atoms with van der Waals surface area (Å²) in [5.41, 5.74) is 3.93. The molecule has 0 N–H and O–H groups in total. The Labute approximate surface area is 157 Å². The van der Waals surface area contributed by atoms with E-state index in [1.54, 1.807) is 6.33 Å². The van der Waals surface area contributed by atoms with Crippen LogP contribution < -0.4 is 4.90 Å². The van der Waals surface area contributed by atoms with Crippen LogP contribution in [0.5, 0.6) is 0 Å². The smallest absolute Gasteiger partial charge is 0.165 e. The third-order valence-electron chi connectivity index (χ3n) is 5.00. The van der Waals surface area contributed by atoms with E-state index in [2.05, 4.69) is 81.7 Å². The van der Waals surface area contributed by atoms with Crippen LogP contribution in [0, 0.1) is 0 Å². The Morgan fingerprint density at radius 2 is 1.77 bits per heavy atom. The van der Waals surface area contributed by atoms with Crippen molar-refractivity contribution < 1.29 is 0 Å². The average molecular weight is 367 g/mol. The van der Waals surface area contributed by atoms with E-state index in [-0.39, 0.29) is 0 Å². The lowest BCUT2D eigenvalue weighted by molar-refractivity contribution is 0.634. The number of rotatable bonds is 8. The molecule has 1 atom stereocenters. The van der Waals surface area contributed by atoms with Crippen molar-refractivity contribution in [2.24, 2.45) is 0 Å². The second-order valence-electron chi connectivity index (χ2n) is 6.81. The summed E-state index contributed by atoms with van der Waals surface area (Å²) in [7, 11) is -0.435. The molecule has 0 bridgehead atoms. The fourth-order valence-electron chi connectivity index (χ4n) is 3.53. The lowest BCUT2D eigenvalue weighted by atomic mass is 10.1. The van der Waals surface area contributed by atoms with Crippen molar-refractivity contribution in [2.75, 3.05) is 18.0 Å². The highest BCUT2D eigenvalue weighted by Crippen LogP contribution is 2.26. The first kappa shape index (κ1) is 18.6. The summed E-state index contributed by atoms with van der Waals surface area (Å²) < 4.78 is 2.19. The summed E-state index contributed by atoms with van der Waals surface area (Å²) in [5, 5.41) is 0. The number of fused-ring (bicyclic) bond motifs is 1. The van der Waals surface area contributed by atoms with Gasteiger partial charge in [-0.05, 0) is 31.4 Å². The van der Waals surface area contributed by atoms with E-state index in [1.165, 1.54) is 5.56 Å². The minimum atomic E-state index is -0.435. The maximum absolute atomic E-state index is 4.64. The van der Waals surface area contributed by atoms with Crippen LogP contribution >= 0.6 is 0 Å². The minimum Gasteiger partial charge on any atom is -0.355 e. The van der Waals surface area contributed by atoms with Crippen molar-refractivity contribution in [1.29, 1.82) is 0 Å². The molecule has 137 valence electrons. The molecule has 2 aromatic heterocycles. The van der Waals surface area contributed by atoms with Crippen LogP contribution in [0.15, 0.2) is 43.0 Å². The van der Waals surface area contributed by atoms with E-state index in [9.17, 15) is 0 Å². The molecule has 0 fully saturated rings. The lowest BCUT2D eigenvalue weighted by Gasteiger charge is -2.21. The van der Waals surface area contributed by atoms with Crippen molar-refractivity contribution in [3.63, 3.8) is 0 Å². The molecule has 0 aliphatic carbocycles. The first-order chi connectivity index (χ1) is 12.7. The van der Waals surface area contributed by atoms with Gasteiger partial charge in [0.2, 0.25) is 0 Å². The molecule has 1 unspecified atom stereocenters. The van der Waals surface area contributed by atoms with Crippen molar-refractivity contribution >= 4 is 25.8 Å². The Morgan fingerprint density at radius 1 is 1.04 bits per heavy atom. The zero-order valence-electron chi connectivity index (χ0n) is 16.2. The van der Waals surface area contributed by atoms with E-state index in [1.807, 2.05) is 6.33 Å². The third-order valence-corrected chi connectivity index (χ3v) is 7.02. The van der Waals surface area contributed by atoms with Crippen LogP contribution in [0.1, 0.15) is 31.4 Å². The van der Waals surface area contributed by atoms with Crippen molar-refractivity contribution in [2.45, 2.75) is 45.4 Å². The number of hydrogen-bond donors (Lipinski definition) is 0. The van der Waals surface area contributed by atoms with Gasteiger partial charge < -0.3 is 9.47 Å². The van der Waals surface area contributed by atoms with Crippen molar-refractivity contribution in [1.82, 2.24) is 19.5 Å². The number of hydrogen-bond acceptors (Lipinski definition) is 4. The number of benzene rings is 1. The number of aromatic nitrogens is 4. The van der Waals surface area contributed by atoms with Crippen LogP contribution in [-0.2, 0) is 6.54 Å². The van der Waals surface area contributed by atoms with Crippen LogP contribution in [0.4, 0.5) is 5.82 Å². The summed E-state index contributed by atoms with van der Waals surface area (Å²) in [4.78, 5) is 15.9. The average Bonchev–Trinajstić information content (AvgIpc) is 3.07. The highest BCUT2D eigenvalue weighted by atomic mass is 28.3. The zero-order valence-corrected chi connectivity index (χ0v) is 17.2. The molecule has 3 rings (SSSR count).